The lowest BCUT2D eigenvalue weighted by molar-refractivity contribution is 0.0642. The molecular formula is C23H24N2O2. The van der Waals surface area contributed by atoms with E-state index in [1.54, 1.807) is 0 Å². The van der Waals surface area contributed by atoms with Crippen LogP contribution >= 0.6 is 0 Å². The van der Waals surface area contributed by atoms with E-state index in [1.165, 1.54) is 5.56 Å². The highest BCUT2D eigenvalue weighted by molar-refractivity contribution is 6.06. The minimum atomic E-state index is -0.468. The number of ether oxygens (including phenoxy) is 1. The van der Waals surface area contributed by atoms with Crippen molar-refractivity contribution in [1.82, 2.24) is 10.3 Å². The second-order valence-corrected chi connectivity index (χ2v) is 7.89. The summed E-state index contributed by atoms with van der Waals surface area (Å²) in [4.78, 5) is 17.1. The maximum atomic E-state index is 13.7. The summed E-state index contributed by atoms with van der Waals surface area (Å²) in [5.41, 5.74) is 4.86. The zero-order valence-corrected chi connectivity index (χ0v) is 15.8. The summed E-state index contributed by atoms with van der Waals surface area (Å²) >= 11 is 0. The first kappa shape index (κ1) is 16.6. The molecule has 1 saturated heterocycles. The van der Waals surface area contributed by atoms with Crippen molar-refractivity contribution < 1.29 is 9.53 Å². The van der Waals surface area contributed by atoms with E-state index in [-0.39, 0.29) is 11.2 Å². The van der Waals surface area contributed by atoms with Gasteiger partial charge in [-0.05, 0) is 57.0 Å². The molecule has 2 aromatic carbocycles. The van der Waals surface area contributed by atoms with Gasteiger partial charge < -0.3 is 15.0 Å². The lowest BCUT2D eigenvalue weighted by Gasteiger charge is -2.37. The van der Waals surface area contributed by atoms with Crippen molar-refractivity contribution in [3.05, 3.63) is 64.8 Å². The number of para-hydroxylation sites is 2. The van der Waals surface area contributed by atoms with Crippen LogP contribution in [0.15, 0.2) is 42.5 Å². The zero-order chi connectivity index (χ0) is 18.6. The van der Waals surface area contributed by atoms with Crippen LogP contribution < -0.4 is 10.1 Å². The van der Waals surface area contributed by atoms with Crippen LogP contribution in [-0.2, 0) is 5.41 Å². The number of carbonyl (C=O) groups excluding carboxylic acids is 1. The van der Waals surface area contributed by atoms with Gasteiger partial charge in [0.05, 0.1) is 5.69 Å². The van der Waals surface area contributed by atoms with Gasteiger partial charge in [0.2, 0.25) is 5.78 Å². The predicted molar refractivity (Wildman–Crippen MR) is 107 cm³/mol. The average molecular weight is 360 g/mol. The first-order valence-corrected chi connectivity index (χ1v) is 9.71. The van der Waals surface area contributed by atoms with E-state index in [2.05, 4.69) is 41.5 Å². The molecule has 1 spiro atoms. The SMILES string of the molecule is Cc1c(C(=O)[C@@H]2Oc3ccccc3C23CCNCC3)[nH]c2c(C)cccc12. The number of benzene rings is 2. The molecule has 1 aromatic heterocycles. The Bertz CT molecular complexity index is 1040. The molecule has 0 unspecified atom stereocenters. The van der Waals surface area contributed by atoms with E-state index in [1.807, 2.05) is 25.1 Å². The van der Waals surface area contributed by atoms with Crippen molar-refractivity contribution in [2.45, 2.75) is 38.2 Å². The number of hydrogen-bond donors (Lipinski definition) is 2. The highest BCUT2D eigenvalue weighted by Crippen LogP contribution is 2.49. The van der Waals surface area contributed by atoms with Gasteiger partial charge >= 0.3 is 0 Å². The van der Waals surface area contributed by atoms with Crippen LogP contribution in [0.3, 0.4) is 0 Å². The number of ketones is 1. The number of H-pyrrole nitrogens is 1. The van der Waals surface area contributed by atoms with Crippen molar-refractivity contribution in [3.8, 4) is 5.75 Å². The van der Waals surface area contributed by atoms with Gasteiger partial charge in [-0.3, -0.25) is 4.79 Å². The molecule has 1 fully saturated rings. The molecule has 138 valence electrons. The molecular weight excluding hydrogens is 336 g/mol. The molecule has 3 heterocycles. The molecule has 4 nitrogen and oxygen atoms in total. The summed E-state index contributed by atoms with van der Waals surface area (Å²) in [6, 6.07) is 14.4. The Hall–Kier alpha value is -2.59. The third kappa shape index (κ3) is 2.29. The predicted octanol–water partition coefficient (Wildman–Crippen LogP) is 4.05. The molecule has 2 aliphatic rings. The molecule has 0 radical (unpaired) electrons. The lowest BCUT2D eigenvalue weighted by atomic mass is 9.69. The molecule has 0 amide bonds. The van der Waals surface area contributed by atoms with Crippen LogP contribution in [0, 0.1) is 13.8 Å². The number of aromatic amines is 1. The number of rotatable bonds is 2. The summed E-state index contributed by atoms with van der Waals surface area (Å²) in [5, 5.41) is 4.55. The van der Waals surface area contributed by atoms with Gasteiger partial charge in [0.15, 0.2) is 6.10 Å². The van der Waals surface area contributed by atoms with Crippen LogP contribution in [0.5, 0.6) is 5.75 Å². The maximum absolute atomic E-state index is 13.7. The second-order valence-electron chi connectivity index (χ2n) is 7.89. The van der Waals surface area contributed by atoms with Crippen molar-refractivity contribution in [2.24, 2.45) is 0 Å². The minimum absolute atomic E-state index is 0.0706. The molecule has 0 bridgehead atoms. The fourth-order valence-corrected chi connectivity index (χ4v) is 4.95. The molecule has 2 aliphatic heterocycles. The fourth-order valence-electron chi connectivity index (χ4n) is 4.95. The number of carbonyl (C=O) groups is 1. The molecule has 1 atom stereocenters. The number of hydrogen-bond acceptors (Lipinski definition) is 3. The number of piperidine rings is 1. The lowest BCUT2D eigenvalue weighted by Crippen LogP contribution is -2.50. The molecule has 5 rings (SSSR count). The summed E-state index contributed by atoms with van der Waals surface area (Å²) in [5.74, 6) is 0.934. The third-order valence-corrected chi connectivity index (χ3v) is 6.45. The zero-order valence-electron chi connectivity index (χ0n) is 15.8. The Kier molecular flexibility index (Phi) is 3.66. The number of aromatic nitrogens is 1. The number of fused-ring (bicyclic) bond motifs is 3. The average Bonchev–Trinajstić information content (AvgIpc) is 3.19. The summed E-state index contributed by atoms with van der Waals surface area (Å²) in [7, 11) is 0. The fraction of sp³-hybridized carbons (Fsp3) is 0.348. The van der Waals surface area contributed by atoms with E-state index in [9.17, 15) is 4.79 Å². The van der Waals surface area contributed by atoms with E-state index in [4.69, 9.17) is 4.74 Å². The Balaban J connectivity index is 1.63. The van der Waals surface area contributed by atoms with Crippen molar-refractivity contribution in [1.29, 1.82) is 0 Å². The standard InChI is InChI=1S/C23H24N2O2/c1-14-6-5-7-16-15(2)20(25-19(14)16)21(26)22-23(10-12-24-13-11-23)17-8-3-4-9-18(17)27-22/h3-9,22,24-25H,10-13H2,1-2H3/t22-/m0/s1. The third-order valence-electron chi connectivity index (χ3n) is 6.45. The van der Waals surface area contributed by atoms with Crippen LogP contribution in [0.2, 0.25) is 0 Å². The number of Topliss-reactive ketones (excluding diaryl/α,β-unsaturated/α-hetero) is 1. The quantitative estimate of drug-likeness (QED) is 0.678. The van der Waals surface area contributed by atoms with Gasteiger partial charge in [-0.1, -0.05) is 36.4 Å². The van der Waals surface area contributed by atoms with E-state index in [0.717, 1.165) is 53.7 Å². The van der Waals surface area contributed by atoms with E-state index < -0.39 is 6.10 Å². The molecule has 0 aliphatic carbocycles. The number of aryl methyl sites for hydroxylation is 2. The first-order chi connectivity index (χ1) is 13.1. The summed E-state index contributed by atoms with van der Waals surface area (Å²) < 4.78 is 6.30. The van der Waals surface area contributed by atoms with Crippen molar-refractivity contribution in [3.63, 3.8) is 0 Å². The van der Waals surface area contributed by atoms with Crippen molar-refractivity contribution >= 4 is 16.7 Å². The largest absolute Gasteiger partial charge is 0.481 e. The van der Waals surface area contributed by atoms with Gasteiger partial charge in [-0.15, -0.1) is 0 Å². The Morgan fingerprint density at radius 3 is 2.63 bits per heavy atom. The minimum Gasteiger partial charge on any atom is -0.481 e. The smallest absolute Gasteiger partial charge is 0.220 e. The monoisotopic (exact) mass is 360 g/mol. The van der Waals surface area contributed by atoms with Gasteiger partial charge in [0.1, 0.15) is 5.75 Å². The Labute approximate surface area is 158 Å². The maximum Gasteiger partial charge on any atom is 0.220 e. The van der Waals surface area contributed by atoms with E-state index >= 15 is 0 Å². The number of nitrogens with one attached hydrogen (secondary N) is 2. The van der Waals surface area contributed by atoms with Crippen molar-refractivity contribution in [2.75, 3.05) is 13.1 Å². The molecule has 3 aromatic rings. The van der Waals surface area contributed by atoms with Gasteiger partial charge in [-0.2, -0.15) is 0 Å². The molecule has 2 N–H and O–H groups in total. The highest BCUT2D eigenvalue weighted by atomic mass is 16.5. The Morgan fingerprint density at radius 2 is 1.85 bits per heavy atom. The van der Waals surface area contributed by atoms with E-state index in [0.29, 0.717) is 5.69 Å². The summed E-state index contributed by atoms with van der Waals surface area (Å²) in [6.07, 6.45) is 1.36. The van der Waals surface area contributed by atoms with Crippen LogP contribution in [0.25, 0.3) is 10.9 Å². The van der Waals surface area contributed by atoms with Gasteiger partial charge in [0, 0.05) is 21.9 Å². The summed E-state index contributed by atoms with van der Waals surface area (Å²) in [6.45, 7) is 5.92. The van der Waals surface area contributed by atoms with Crippen LogP contribution in [-0.4, -0.2) is 30.0 Å². The van der Waals surface area contributed by atoms with Gasteiger partial charge in [-0.25, -0.2) is 0 Å². The molecule has 4 heteroatoms. The molecule has 0 saturated carbocycles. The highest BCUT2D eigenvalue weighted by Gasteiger charge is 2.53. The Morgan fingerprint density at radius 1 is 1.07 bits per heavy atom. The van der Waals surface area contributed by atoms with Crippen LogP contribution in [0.1, 0.15) is 40.0 Å². The molecule has 27 heavy (non-hydrogen) atoms. The van der Waals surface area contributed by atoms with Gasteiger partial charge in [0.25, 0.3) is 0 Å². The topological polar surface area (TPSA) is 54.1 Å². The first-order valence-electron chi connectivity index (χ1n) is 9.71. The van der Waals surface area contributed by atoms with Crippen LogP contribution in [0.4, 0.5) is 0 Å². The second kappa shape index (κ2) is 5.96. The normalized spacial score (nSPS) is 20.6.